The number of carbonyl (C=O) groups excluding carboxylic acids is 2. The summed E-state index contributed by atoms with van der Waals surface area (Å²) in [7, 11) is 0. The number of hydrogen-bond donors (Lipinski definition) is 8. The smallest absolute Gasteiger partial charge is 0.255 e. The van der Waals surface area contributed by atoms with Gasteiger partial charge in [-0.05, 0) is 74.7 Å². The number of amides is 2. The molecular formula is C17H24I3N3O7. The van der Waals surface area contributed by atoms with Gasteiger partial charge in [0, 0.05) is 36.2 Å². The summed E-state index contributed by atoms with van der Waals surface area (Å²) in [6.07, 6.45) is -3.35. The highest BCUT2D eigenvalue weighted by atomic mass is 127. The van der Waals surface area contributed by atoms with Crippen LogP contribution in [0.25, 0.3) is 0 Å². The maximum atomic E-state index is 12.8. The average Bonchev–Trinajstić information content (AvgIpc) is 2.61. The molecule has 0 aliphatic rings. The highest BCUT2D eigenvalue weighted by Gasteiger charge is 2.29. The molecular weight excluding hydrogens is 739 g/mol. The Morgan fingerprint density at radius 1 is 0.833 bits per heavy atom. The second-order valence-corrected chi connectivity index (χ2v) is 9.54. The maximum Gasteiger partial charge on any atom is 0.255 e. The first-order valence-corrected chi connectivity index (χ1v) is 12.1. The van der Waals surface area contributed by atoms with Crippen LogP contribution in [0.5, 0.6) is 0 Å². The topological polar surface area (TPSA) is 171 Å². The molecule has 0 saturated carbocycles. The van der Waals surface area contributed by atoms with Crippen molar-refractivity contribution in [3.8, 4) is 0 Å². The summed E-state index contributed by atoms with van der Waals surface area (Å²) in [6.45, 7) is 1.10. The van der Waals surface area contributed by atoms with E-state index in [1.165, 1.54) is 0 Å². The lowest BCUT2D eigenvalue weighted by atomic mass is 10.1. The fraction of sp³-hybridized carbons (Fsp3) is 0.529. The lowest BCUT2D eigenvalue weighted by Crippen LogP contribution is -2.38. The quantitative estimate of drug-likeness (QED) is 0.116. The first kappa shape index (κ1) is 28.0. The highest BCUT2D eigenvalue weighted by Crippen LogP contribution is 2.36. The van der Waals surface area contributed by atoms with Crippen LogP contribution in [0.1, 0.15) is 40.5 Å². The third-order valence-corrected chi connectivity index (χ3v) is 6.98. The predicted octanol–water partition coefficient (Wildman–Crippen LogP) is 0.154. The van der Waals surface area contributed by atoms with Gasteiger partial charge in [0.1, 0.15) is 12.5 Å². The molecule has 2 amide bonds. The predicted molar refractivity (Wildman–Crippen MR) is 135 cm³/mol. The van der Waals surface area contributed by atoms with Crippen molar-refractivity contribution in [3.63, 3.8) is 0 Å². The minimum absolute atomic E-state index is 0.0584. The second kappa shape index (κ2) is 13.5. The molecule has 0 radical (unpaired) electrons. The number of carbonyl (C=O) groups is 2. The second-order valence-electron chi connectivity index (χ2n) is 6.30. The fourth-order valence-corrected chi connectivity index (χ4v) is 6.83. The van der Waals surface area contributed by atoms with Crippen molar-refractivity contribution < 1.29 is 35.1 Å². The zero-order valence-electron chi connectivity index (χ0n) is 16.0. The third-order valence-electron chi connectivity index (χ3n) is 3.75. The number of anilines is 1. The van der Waals surface area contributed by atoms with Crippen molar-refractivity contribution in [1.82, 2.24) is 10.6 Å². The molecule has 0 bridgehead atoms. The molecule has 10 nitrogen and oxygen atoms in total. The Morgan fingerprint density at radius 3 is 1.57 bits per heavy atom. The molecule has 1 aromatic carbocycles. The number of nitrogens with one attached hydrogen (secondary N) is 3. The summed E-state index contributed by atoms with van der Waals surface area (Å²) in [6, 6.07) is 0. The average molecular weight is 763 g/mol. The van der Waals surface area contributed by atoms with Gasteiger partial charge in [0.15, 0.2) is 0 Å². The van der Waals surface area contributed by atoms with Crippen molar-refractivity contribution in [2.45, 2.75) is 38.3 Å². The van der Waals surface area contributed by atoms with Crippen LogP contribution in [0.15, 0.2) is 0 Å². The molecule has 0 fully saturated rings. The number of rotatable bonds is 11. The molecule has 3 atom stereocenters. The van der Waals surface area contributed by atoms with Gasteiger partial charge in [-0.25, -0.2) is 0 Å². The van der Waals surface area contributed by atoms with Crippen LogP contribution in [-0.2, 0) is 0 Å². The molecule has 8 N–H and O–H groups in total. The van der Waals surface area contributed by atoms with Crippen LogP contribution in [0, 0.1) is 10.7 Å². The van der Waals surface area contributed by atoms with Crippen molar-refractivity contribution in [1.29, 1.82) is 0 Å². The lowest BCUT2D eigenvalue weighted by molar-refractivity contribution is 0.0702. The summed E-state index contributed by atoms with van der Waals surface area (Å²) in [5, 5.41) is 54.9. The molecule has 0 spiro atoms. The Kier molecular flexibility index (Phi) is 12.6. The Bertz CT molecular complexity index is 712. The molecule has 1 rings (SSSR count). The lowest BCUT2D eigenvalue weighted by Gasteiger charge is -2.22. The number of hydrogen-bond acceptors (Lipinski definition) is 8. The van der Waals surface area contributed by atoms with E-state index in [4.69, 9.17) is 10.2 Å². The minimum atomic E-state index is -1.27. The third kappa shape index (κ3) is 7.82. The van der Waals surface area contributed by atoms with E-state index < -0.39 is 30.4 Å². The van der Waals surface area contributed by atoms with Gasteiger partial charge < -0.3 is 41.5 Å². The largest absolute Gasteiger partial charge is 0.396 e. The van der Waals surface area contributed by atoms with E-state index >= 15 is 0 Å². The van der Waals surface area contributed by atoms with Crippen LogP contribution < -0.4 is 16.0 Å². The van der Waals surface area contributed by atoms with E-state index in [1.54, 1.807) is 6.92 Å². The van der Waals surface area contributed by atoms with Gasteiger partial charge in [-0.2, -0.15) is 0 Å². The van der Waals surface area contributed by atoms with E-state index in [2.05, 4.69) is 16.0 Å². The Labute approximate surface area is 214 Å². The van der Waals surface area contributed by atoms with Crippen LogP contribution in [0.3, 0.4) is 0 Å². The fourth-order valence-electron chi connectivity index (χ4n) is 2.30. The summed E-state index contributed by atoms with van der Waals surface area (Å²) in [5.41, 5.74) is 0.702. The molecule has 0 aliphatic carbocycles. The first-order valence-electron chi connectivity index (χ1n) is 8.87. The van der Waals surface area contributed by atoms with Gasteiger partial charge in [0.2, 0.25) is 0 Å². The number of halogens is 3. The first-order chi connectivity index (χ1) is 14.0. The molecule has 170 valence electrons. The molecule has 3 unspecified atom stereocenters. The van der Waals surface area contributed by atoms with Crippen molar-refractivity contribution in [2.75, 3.05) is 25.1 Å². The Balaban J connectivity index is 3.50. The molecule has 13 heteroatoms. The van der Waals surface area contributed by atoms with E-state index in [9.17, 15) is 24.9 Å². The zero-order chi connectivity index (χ0) is 23.0. The molecule has 0 saturated heterocycles. The maximum absolute atomic E-state index is 12.8. The summed E-state index contributed by atoms with van der Waals surface area (Å²) in [5.74, 6) is -1.29. The Hall–Kier alpha value is -0.0500. The van der Waals surface area contributed by atoms with Crippen molar-refractivity contribution >= 4 is 85.3 Å². The summed E-state index contributed by atoms with van der Waals surface area (Å²) in [4.78, 5) is 25.6. The normalized spacial score (nSPS) is 14.0. The van der Waals surface area contributed by atoms with Crippen molar-refractivity contribution in [2.24, 2.45) is 0 Å². The van der Waals surface area contributed by atoms with Crippen LogP contribution in [0.4, 0.5) is 5.69 Å². The van der Waals surface area contributed by atoms with Gasteiger partial charge in [-0.15, -0.1) is 0 Å². The van der Waals surface area contributed by atoms with E-state index in [1.807, 2.05) is 67.8 Å². The molecule has 0 aromatic heterocycles. The number of benzene rings is 1. The Morgan fingerprint density at radius 2 is 1.23 bits per heavy atom. The molecule has 0 aliphatic heterocycles. The SMILES string of the molecule is CC(O)CNc1c(I)c(C(=O)NC(O)CCO)c(I)c(C(=O)NC(O)CCO)c1I. The summed E-state index contributed by atoms with van der Waals surface area (Å²) >= 11 is 5.73. The van der Waals surface area contributed by atoms with Gasteiger partial charge in [-0.3, -0.25) is 9.59 Å². The van der Waals surface area contributed by atoms with E-state index in [0.717, 1.165) is 0 Å². The van der Waals surface area contributed by atoms with Crippen molar-refractivity contribution in [3.05, 3.63) is 21.8 Å². The molecule has 1 aromatic rings. The number of aliphatic hydroxyl groups excluding tert-OH is 5. The highest BCUT2D eigenvalue weighted by molar-refractivity contribution is 14.1. The van der Waals surface area contributed by atoms with Crippen LogP contribution >= 0.6 is 67.8 Å². The van der Waals surface area contributed by atoms with Gasteiger partial charge in [0.05, 0.1) is 30.1 Å². The van der Waals surface area contributed by atoms with Gasteiger partial charge in [0.25, 0.3) is 11.8 Å². The summed E-state index contributed by atoms with van der Waals surface area (Å²) < 4.78 is 1.25. The minimum Gasteiger partial charge on any atom is -0.396 e. The molecule has 30 heavy (non-hydrogen) atoms. The molecule has 0 heterocycles. The van der Waals surface area contributed by atoms with E-state index in [-0.39, 0.29) is 43.7 Å². The number of aliphatic hydroxyl groups is 5. The van der Waals surface area contributed by atoms with Crippen LogP contribution in [-0.4, -0.2) is 75.7 Å². The van der Waals surface area contributed by atoms with Gasteiger partial charge in [-0.1, -0.05) is 0 Å². The monoisotopic (exact) mass is 763 g/mol. The standard InChI is InChI=1S/C17H24I3N3O7/c1-7(26)6-21-15-13(19)10(16(29)22-8(27)2-4-24)12(18)11(14(15)20)17(30)23-9(28)3-5-25/h7-9,21,24-28H,2-6H2,1H3,(H,22,29)(H,23,30). The van der Waals surface area contributed by atoms with Gasteiger partial charge >= 0.3 is 0 Å². The van der Waals surface area contributed by atoms with E-state index in [0.29, 0.717) is 16.4 Å². The zero-order valence-corrected chi connectivity index (χ0v) is 22.4. The van der Waals surface area contributed by atoms with Crippen LogP contribution in [0.2, 0.25) is 0 Å².